The van der Waals surface area contributed by atoms with E-state index in [0.29, 0.717) is 0 Å². The molecule has 1 aromatic rings. The van der Waals surface area contributed by atoms with Crippen LogP contribution in [0.1, 0.15) is 0 Å². The Kier molecular flexibility index (Phi) is 4.28. The van der Waals surface area contributed by atoms with Crippen molar-refractivity contribution in [2.24, 2.45) is 0 Å². The highest BCUT2D eigenvalue weighted by Crippen LogP contribution is 2.17. The largest absolute Gasteiger partial charge is 0.343 e. The lowest BCUT2D eigenvalue weighted by Gasteiger charge is -2.05. The standard InChI is InChI=1S/C9H12N2O2S/c1-13-11-9(12)10-7-3-5-8(14-2)6-4-7/h3-6H,1-2H3,(H2,10,11,12). The summed E-state index contributed by atoms with van der Waals surface area (Å²) in [6, 6.07) is 7.16. The molecule has 0 unspecified atom stereocenters. The SMILES string of the molecule is CONC(=O)Nc1ccc(SC)cc1. The summed E-state index contributed by atoms with van der Waals surface area (Å²) in [5.41, 5.74) is 2.90. The highest BCUT2D eigenvalue weighted by molar-refractivity contribution is 7.98. The van der Waals surface area contributed by atoms with Crippen LogP contribution in [-0.2, 0) is 4.84 Å². The minimum absolute atomic E-state index is 0.385. The average Bonchev–Trinajstić information content (AvgIpc) is 2.19. The van der Waals surface area contributed by atoms with Gasteiger partial charge in [0.1, 0.15) is 0 Å². The summed E-state index contributed by atoms with van der Waals surface area (Å²) in [6.45, 7) is 0. The van der Waals surface area contributed by atoms with E-state index in [4.69, 9.17) is 0 Å². The van der Waals surface area contributed by atoms with Crippen LogP contribution in [0.3, 0.4) is 0 Å². The molecule has 2 amide bonds. The zero-order chi connectivity index (χ0) is 10.4. The van der Waals surface area contributed by atoms with Crippen molar-refractivity contribution >= 4 is 23.5 Å². The van der Waals surface area contributed by atoms with E-state index in [1.54, 1.807) is 11.8 Å². The van der Waals surface area contributed by atoms with Crippen LogP contribution in [0.25, 0.3) is 0 Å². The molecule has 2 N–H and O–H groups in total. The molecule has 0 heterocycles. The van der Waals surface area contributed by atoms with Gasteiger partial charge in [-0.15, -0.1) is 11.8 Å². The molecule has 0 atom stereocenters. The summed E-state index contributed by atoms with van der Waals surface area (Å²) < 4.78 is 0. The van der Waals surface area contributed by atoms with Gasteiger partial charge in [-0.25, -0.2) is 10.3 Å². The van der Waals surface area contributed by atoms with E-state index in [0.717, 1.165) is 10.6 Å². The Morgan fingerprint density at radius 2 is 2.00 bits per heavy atom. The number of nitrogens with one attached hydrogen (secondary N) is 2. The van der Waals surface area contributed by atoms with Gasteiger partial charge >= 0.3 is 6.03 Å². The van der Waals surface area contributed by atoms with Gasteiger partial charge in [0.15, 0.2) is 0 Å². The van der Waals surface area contributed by atoms with E-state index >= 15 is 0 Å². The number of hydroxylamine groups is 1. The van der Waals surface area contributed by atoms with Crippen LogP contribution >= 0.6 is 11.8 Å². The van der Waals surface area contributed by atoms with Gasteiger partial charge in [0.2, 0.25) is 0 Å². The zero-order valence-corrected chi connectivity index (χ0v) is 8.85. The van der Waals surface area contributed by atoms with Crippen molar-refractivity contribution in [1.29, 1.82) is 0 Å². The second-order valence-electron chi connectivity index (χ2n) is 2.49. The molecule has 1 rings (SSSR count). The second kappa shape index (κ2) is 5.51. The number of urea groups is 1. The normalized spacial score (nSPS) is 9.57. The number of thioether (sulfide) groups is 1. The third kappa shape index (κ3) is 3.27. The van der Waals surface area contributed by atoms with E-state index < -0.39 is 0 Å². The summed E-state index contributed by atoms with van der Waals surface area (Å²) >= 11 is 1.65. The molecule has 0 aliphatic carbocycles. The van der Waals surface area contributed by atoms with E-state index in [-0.39, 0.29) is 6.03 Å². The van der Waals surface area contributed by atoms with Crippen LogP contribution in [0.15, 0.2) is 29.2 Å². The molecule has 14 heavy (non-hydrogen) atoms. The van der Waals surface area contributed by atoms with Crippen molar-refractivity contribution in [2.75, 3.05) is 18.7 Å². The van der Waals surface area contributed by atoms with Crippen molar-refractivity contribution in [3.05, 3.63) is 24.3 Å². The number of benzene rings is 1. The summed E-state index contributed by atoms with van der Waals surface area (Å²) in [5, 5.41) is 2.61. The van der Waals surface area contributed by atoms with Crippen molar-refractivity contribution in [3.8, 4) is 0 Å². The molecule has 0 saturated heterocycles. The number of hydrogen-bond donors (Lipinski definition) is 2. The molecule has 0 spiro atoms. The molecule has 4 nitrogen and oxygen atoms in total. The molecule has 0 aliphatic heterocycles. The molecule has 0 saturated carbocycles. The fraction of sp³-hybridized carbons (Fsp3) is 0.222. The lowest BCUT2D eigenvalue weighted by Crippen LogP contribution is -2.27. The predicted octanol–water partition coefficient (Wildman–Crippen LogP) is 2.09. The smallest absolute Gasteiger partial charge is 0.306 e. The van der Waals surface area contributed by atoms with Gasteiger partial charge in [0, 0.05) is 10.6 Å². The molecular weight excluding hydrogens is 200 g/mol. The molecule has 0 aromatic heterocycles. The number of amides is 2. The Hall–Kier alpha value is -1.20. The number of hydrogen-bond acceptors (Lipinski definition) is 3. The first-order chi connectivity index (χ1) is 6.76. The molecule has 0 radical (unpaired) electrons. The summed E-state index contributed by atoms with van der Waals surface area (Å²) in [4.78, 5) is 16.6. The fourth-order valence-corrected chi connectivity index (χ4v) is 1.33. The average molecular weight is 212 g/mol. The summed E-state index contributed by atoms with van der Waals surface area (Å²) in [7, 11) is 1.39. The summed E-state index contributed by atoms with van der Waals surface area (Å²) in [5.74, 6) is 0. The number of carbonyl (C=O) groups is 1. The Balaban J connectivity index is 2.55. The highest BCUT2D eigenvalue weighted by Gasteiger charge is 1.99. The third-order valence-electron chi connectivity index (χ3n) is 1.54. The first kappa shape index (κ1) is 10.9. The highest BCUT2D eigenvalue weighted by atomic mass is 32.2. The van der Waals surface area contributed by atoms with E-state index in [2.05, 4.69) is 15.6 Å². The monoisotopic (exact) mass is 212 g/mol. The first-order valence-electron chi connectivity index (χ1n) is 4.00. The maximum Gasteiger partial charge on any atom is 0.343 e. The molecule has 0 bridgehead atoms. The van der Waals surface area contributed by atoms with Crippen molar-refractivity contribution in [1.82, 2.24) is 5.48 Å². The molecule has 76 valence electrons. The van der Waals surface area contributed by atoms with Crippen molar-refractivity contribution < 1.29 is 9.63 Å². The molecular formula is C9H12N2O2S. The van der Waals surface area contributed by atoms with Gasteiger partial charge in [-0.1, -0.05) is 0 Å². The minimum Gasteiger partial charge on any atom is -0.306 e. The predicted molar refractivity (Wildman–Crippen MR) is 57.4 cm³/mol. The number of carbonyl (C=O) groups excluding carboxylic acids is 1. The lowest BCUT2D eigenvalue weighted by atomic mass is 10.3. The lowest BCUT2D eigenvalue weighted by molar-refractivity contribution is 0.114. The fourth-order valence-electron chi connectivity index (χ4n) is 0.924. The molecule has 0 aliphatic rings. The van der Waals surface area contributed by atoms with Gasteiger partial charge in [-0.2, -0.15) is 0 Å². The van der Waals surface area contributed by atoms with E-state index in [9.17, 15) is 4.79 Å². The van der Waals surface area contributed by atoms with Crippen molar-refractivity contribution in [2.45, 2.75) is 4.90 Å². The Labute approximate surface area is 87.0 Å². The van der Waals surface area contributed by atoms with Crippen molar-refractivity contribution in [3.63, 3.8) is 0 Å². The van der Waals surface area contributed by atoms with Crippen LogP contribution in [0, 0.1) is 0 Å². The Bertz CT molecular complexity index is 300. The Morgan fingerprint density at radius 1 is 1.36 bits per heavy atom. The second-order valence-corrected chi connectivity index (χ2v) is 3.37. The zero-order valence-electron chi connectivity index (χ0n) is 8.03. The van der Waals surface area contributed by atoms with E-state index in [1.807, 2.05) is 30.5 Å². The van der Waals surface area contributed by atoms with Crippen LogP contribution in [-0.4, -0.2) is 19.4 Å². The molecule has 0 fully saturated rings. The molecule has 5 heteroatoms. The maximum atomic E-state index is 11.0. The topological polar surface area (TPSA) is 50.4 Å². The van der Waals surface area contributed by atoms with Crippen LogP contribution in [0.4, 0.5) is 10.5 Å². The van der Waals surface area contributed by atoms with Gasteiger partial charge in [-0.05, 0) is 30.5 Å². The van der Waals surface area contributed by atoms with Gasteiger partial charge in [-0.3, -0.25) is 4.84 Å². The summed E-state index contributed by atoms with van der Waals surface area (Å²) in [6.07, 6.45) is 2.00. The van der Waals surface area contributed by atoms with Crippen LogP contribution < -0.4 is 10.8 Å². The first-order valence-corrected chi connectivity index (χ1v) is 5.22. The maximum absolute atomic E-state index is 11.0. The van der Waals surface area contributed by atoms with E-state index in [1.165, 1.54) is 7.11 Å². The molecule has 1 aromatic carbocycles. The van der Waals surface area contributed by atoms with Crippen LogP contribution in [0.5, 0.6) is 0 Å². The number of rotatable bonds is 3. The quantitative estimate of drug-likeness (QED) is 0.596. The minimum atomic E-state index is -0.385. The Morgan fingerprint density at radius 3 is 2.50 bits per heavy atom. The number of anilines is 1. The van der Waals surface area contributed by atoms with Gasteiger partial charge in [0.05, 0.1) is 7.11 Å². The third-order valence-corrected chi connectivity index (χ3v) is 2.29. The van der Waals surface area contributed by atoms with Gasteiger partial charge in [0.25, 0.3) is 0 Å². The van der Waals surface area contributed by atoms with Crippen LogP contribution in [0.2, 0.25) is 0 Å². The van der Waals surface area contributed by atoms with Gasteiger partial charge < -0.3 is 5.32 Å².